The Bertz CT molecular complexity index is 362. The Balaban J connectivity index is 1.87. The van der Waals surface area contributed by atoms with Gasteiger partial charge < -0.3 is 15.3 Å². The van der Waals surface area contributed by atoms with E-state index in [-0.39, 0.29) is 0 Å². The molecule has 1 aliphatic rings. The Morgan fingerprint density at radius 2 is 2.00 bits per heavy atom. The Hall–Kier alpha value is -0.910. The highest BCUT2D eigenvalue weighted by molar-refractivity contribution is 6.30. The molecule has 0 radical (unpaired) electrons. The maximum absolute atomic E-state index is 10.3. The van der Waals surface area contributed by atoms with Crippen LogP contribution in [0.1, 0.15) is 12.8 Å². The number of aromatic nitrogens is 2. The molecule has 0 unspecified atom stereocenters. The van der Waals surface area contributed by atoms with Crippen molar-refractivity contribution < 1.29 is 5.11 Å². The van der Waals surface area contributed by atoms with E-state index < -0.39 is 5.60 Å². The summed E-state index contributed by atoms with van der Waals surface area (Å²) in [6.07, 6.45) is 4.61. The van der Waals surface area contributed by atoms with Gasteiger partial charge in [-0.05, 0) is 19.9 Å². The number of halogens is 1. The van der Waals surface area contributed by atoms with Crippen molar-refractivity contribution in [2.45, 2.75) is 18.4 Å². The average molecular weight is 257 g/mol. The number of hydrogen-bond acceptors (Lipinski definition) is 5. The van der Waals surface area contributed by atoms with E-state index in [4.69, 9.17) is 11.6 Å². The molecule has 0 saturated carbocycles. The highest BCUT2D eigenvalue weighted by Crippen LogP contribution is 2.21. The third-order valence-electron chi connectivity index (χ3n) is 3.11. The number of piperidine rings is 1. The highest BCUT2D eigenvalue weighted by Gasteiger charge is 2.30. The predicted molar refractivity (Wildman–Crippen MR) is 67.2 cm³/mol. The first kappa shape index (κ1) is 12.5. The van der Waals surface area contributed by atoms with Gasteiger partial charge in [0.25, 0.3) is 0 Å². The number of nitrogens with one attached hydrogen (secondary N) is 1. The lowest BCUT2D eigenvalue weighted by Gasteiger charge is -2.36. The normalized spacial score (nSPS) is 20.2. The summed E-state index contributed by atoms with van der Waals surface area (Å²) in [5.74, 6) is 0.502. The molecule has 2 heterocycles. The van der Waals surface area contributed by atoms with Crippen molar-refractivity contribution in [1.29, 1.82) is 0 Å². The molecule has 2 N–H and O–H groups in total. The summed E-state index contributed by atoms with van der Waals surface area (Å²) in [5, 5.41) is 13.9. The second kappa shape index (κ2) is 5.16. The van der Waals surface area contributed by atoms with Crippen LogP contribution in [0.15, 0.2) is 12.4 Å². The van der Waals surface area contributed by atoms with Gasteiger partial charge in [0.05, 0.1) is 23.0 Å². The van der Waals surface area contributed by atoms with Crippen LogP contribution in [0, 0.1) is 0 Å². The van der Waals surface area contributed by atoms with Crippen molar-refractivity contribution in [3.8, 4) is 0 Å². The zero-order valence-corrected chi connectivity index (χ0v) is 10.6. The van der Waals surface area contributed by atoms with Gasteiger partial charge in [0.15, 0.2) is 0 Å². The number of hydrogen-bond donors (Lipinski definition) is 2. The average Bonchev–Trinajstić information content (AvgIpc) is 2.33. The van der Waals surface area contributed by atoms with E-state index >= 15 is 0 Å². The van der Waals surface area contributed by atoms with Gasteiger partial charge in [0.2, 0.25) is 5.95 Å². The fourth-order valence-corrected chi connectivity index (χ4v) is 1.96. The van der Waals surface area contributed by atoms with Gasteiger partial charge in [-0.2, -0.15) is 0 Å². The topological polar surface area (TPSA) is 61.3 Å². The largest absolute Gasteiger partial charge is 0.388 e. The number of rotatable bonds is 3. The van der Waals surface area contributed by atoms with Gasteiger partial charge in [-0.25, -0.2) is 9.97 Å². The van der Waals surface area contributed by atoms with Crippen LogP contribution >= 0.6 is 11.6 Å². The summed E-state index contributed by atoms with van der Waals surface area (Å²) in [6.45, 7) is 2.31. The molecule has 1 fully saturated rings. The van der Waals surface area contributed by atoms with Crippen LogP contribution in [0.3, 0.4) is 0 Å². The van der Waals surface area contributed by atoms with Crippen LogP contribution in [-0.2, 0) is 0 Å². The Morgan fingerprint density at radius 1 is 1.41 bits per heavy atom. The summed E-state index contributed by atoms with van der Waals surface area (Å²) >= 11 is 5.70. The van der Waals surface area contributed by atoms with E-state index in [2.05, 4.69) is 27.2 Å². The van der Waals surface area contributed by atoms with Crippen molar-refractivity contribution in [1.82, 2.24) is 14.9 Å². The van der Waals surface area contributed by atoms with E-state index in [0.717, 1.165) is 25.9 Å². The predicted octanol–water partition coefficient (Wildman–Crippen LogP) is 0.999. The zero-order chi connectivity index (χ0) is 12.3. The maximum Gasteiger partial charge on any atom is 0.222 e. The van der Waals surface area contributed by atoms with Crippen LogP contribution in [0.4, 0.5) is 5.95 Å². The van der Waals surface area contributed by atoms with Gasteiger partial charge >= 0.3 is 0 Å². The lowest BCUT2D eigenvalue weighted by molar-refractivity contribution is -0.00415. The molecule has 5 nitrogen and oxygen atoms in total. The molecule has 1 aromatic rings. The maximum atomic E-state index is 10.3. The molecule has 1 saturated heterocycles. The van der Waals surface area contributed by atoms with E-state index in [1.54, 1.807) is 0 Å². The highest BCUT2D eigenvalue weighted by atomic mass is 35.5. The number of anilines is 1. The summed E-state index contributed by atoms with van der Waals surface area (Å²) in [6, 6.07) is 0. The Kier molecular flexibility index (Phi) is 3.81. The van der Waals surface area contributed by atoms with Gasteiger partial charge in [0, 0.05) is 19.6 Å². The molecule has 0 aromatic carbocycles. The third kappa shape index (κ3) is 3.52. The van der Waals surface area contributed by atoms with Gasteiger partial charge in [-0.15, -0.1) is 0 Å². The van der Waals surface area contributed by atoms with Crippen LogP contribution in [-0.4, -0.2) is 52.3 Å². The van der Waals surface area contributed by atoms with Crippen molar-refractivity contribution in [2.75, 3.05) is 32.0 Å². The minimum absolute atomic E-state index is 0.475. The molecule has 6 heteroatoms. The second-order valence-electron chi connectivity index (χ2n) is 4.61. The molecular weight excluding hydrogens is 240 g/mol. The fourth-order valence-electron chi connectivity index (χ4n) is 1.86. The fraction of sp³-hybridized carbons (Fsp3) is 0.636. The number of nitrogens with zero attached hydrogens (tertiary/aromatic N) is 3. The van der Waals surface area contributed by atoms with Gasteiger partial charge in [0.1, 0.15) is 0 Å². The summed E-state index contributed by atoms with van der Waals surface area (Å²) < 4.78 is 0. The van der Waals surface area contributed by atoms with E-state index in [9.17, 15) is 5.11 Å². The molecule has 1 aliphatic heterocycles. The van der Waals surface area contributed by atoms with Gasteiger partial charge in [-0.1, -0.05) is 11.6 Å². The van der Waals surface area contributed by atoms with Crippen LogP contribution in [0.25, 0.3) is 0 Å². The molecule has 0 bridgehead atoms. The summed E-state index contributed by atoms with van der Waals surface area (Å²) in [5.41, 5.74) is -0.657. The summed E-state index contributed by atoms with van der Waals surface area (Å²) in [4.78, 5) is 10.3. The minimum Gasteiger partial charge on any atom is -0.388 e. The molecule has 0 amide bonds. The van der Waals surface area contributed by atoms with E-state index in [0.29, 0.717) is 17.5 Å². The first-order chi connectivity index (χ1) is 8.07. The molecule has 94 valence electrons. The van der Waals surface area contributed by atoms with Crippen LogP contribution in [0.2, 0.25) is 5.02 Å². The van der Waals surface area contributed by atoms with E-state index in [1.807, 2.05) is 0 Å². The molecule has 0 aliphatic carbocycles. The molecule has 0 spiro atoms. The molecule has 17 heavy (non-hydrogen) atoms. The van der Waals surface area contributed by atoms with E-state index in [1.165, 1.54) is 12.4 Å². The van der Waals surface area contributed by atoms with Gasteiger partial charge in [-0.3, -0.25) is 0 Å². The molecular formula is C11H17ClN4O. The zero-order valence-electron chi connectivity index (χ0n) is 9.86. The second-order valence-corrected chi connectivity index (χ2v) is 5.04. The third-order valence-corrected chi connectivity index (χ3v) is 3.31. The van der Waals surface area contributed by atoms with Crippen molar-refractivity contribution >= 4 is 17.5 Å². The molecule has 2 rings (SSSR count). The number of aliphatic hydroxyl groups is 1. The number of likely N-dealkylation sites (tertiary alicyclic amines) is 1. The first-order valence-corrected chi connectivity index (χ1v) is 6.08. The smallest absolute Gasteiger partial charge is 0.222 e. The minimum atomic E-state index is -0.657. The quantitative estimate of drug-likeness (QED) is 0.845. The molecule has 1 aromatic heterocycles. The van der Waals surface area contributed by atoms with Crippen molar-refractivity contribution in [3.05, 3.63) is 17.4 Å². The Morgan fingerprint density at radius 3 is 2.59 bits per heavy atom. The van der Waals surface area contributed by atoms with Crippen LogP contribution in [0.5, 0.6) is 0 Å². The molecule has 0 atom stereocenters. The lowest BCUT2D eigenvalue weighted by atomic mass is 9.92. The lowest BCUT2D eigenvalue weighted by Crippen LogP contribution is -2.47. The Labute approximate surface area is 106 Å². The first-order valence-electron chi connectivity index (χ1n) is 5.70. The summed E-state index contributed by atoms with van der Waals surface area (Å²) in [7, 11) is 2.06. The van der Waals surface area contributed by atoms with Crippen molar-refractivity contribution in [2.24, 2.45) is 0 Å². The van der Waals surface area contributed by atoms with Crippen LogP contribution < -0.4 is 5.32 Å². The monoisotopic (exact) mass is 256 g/mol. The standard InChI is InChI=1S/C11H17ClN4O/c1-16-4-2-11(17,3-5-16)8-15-10-13-6-9(12)7-14-10/h6-7,17H,2-5,8H2,1H3,(H,13,14,15). The van der Waals surface area contributed by atoms with Crippen molar-refractivity contribution in [3.63, 3.8) is 0 Å². The SMILES string of the molecule is CN1CCC(O)(CNc2ncc(Cl)cn2)CC1.